The molecular weight excluding hydrogens is 331 g/mol. The van der Waals surface area contributed by atoms with Gasteiger partial charge in [0, 0.05) is 11.9 Å². The Labute approximate surface area is 140 Å². The largest absolute Gasteiger partial charge is 0.322 e. The minimum atomic E-state index is -3.48. The van der Waals surface area contributed by atoms with Crippen LogP contribution in [0.3, 0.4) is 0 Å². The van der Waals surface area contributed by atoms with Gasteiger partial charge in [0.25, 0.3) is 5.91 Å². The van der Waals surface area contributed by atoms with Gasteiger partial charge in [0.15, 0.2) is 15.7 Å². The maximum Gasteiger partial charge on any atom is 0.258 e. The number of carbonyl (C=O) groups excluding carboxylic acids is 1. The summed E-state index contributed by atoms with van der Waals surface area (Å²) in [6.45, 7) is 5.51. The maximum absolute atomic E-state index is 13.6. The zero-order valence-corrected chi connectivity index (χ0v) is 14.5. The van der Waals surface area contributed by atoms with E-state index in [9.17, 15) is 17.6 Å². The van der Waals surface area contributed by atoms with Gasteiger partial charge in [0.2, 0.25) is 0 Å². The molecule has 0 aliphatic heterocycles. The molecule has 0 radical (unpaired) electrons. The molecule has 1 aromatic heterocycles. The number of anilines is 1. The Morgan fingerprint density at radius 1 is 1.25 bits per heavy atom. The number of nitrogens with one attached hydrogen (secondary N) is 1. The van der Waals surface area contributed by atoms with Gasteiger partial charge in [-0.05, 0) is 29.7 Å². The summed E-state index contributed by atoms with van der Waals surface area (Å²) in [5, 5.41) is 2.50. The zero-order valence-electron chi connectivity index (χ0n) is 13.7. The number of benzene rings is 1. The van der Waals surface area contributed by atoms with E-state index in [2.05, 4.69) is 10.3 Å². The van der Waals surface area contributed by atoms with Crippen LogP contribution in [0.15, 0.2) is 47.6 Å². The van der Waals surface area contributed by atoms with Crippen LogP contribution in [0.5, 0.6) is 0 Å². The van der Waals surface area contributed by atoms with Crippen molar-refractivity contribution in [3.05, 3.63) is 54.1 Å². The first-order valence-corrected chi connectivity index (χ1v) is 8.97. The summed E-state index contributed by atoms with van der Waals surface area (Å²) in [6, 6.07) is 7.19. The lowest BCUT2D eigenvalue weighted by molar-refractivity contribution is 0.102. The summed E-state index contributed by atoms with van der Waals surface area (Å²) < 4.78 is 38.4. The number of amides is 1. The first-order chi connectivity index (χ1) is 11.1. The number of sulfone groups is 1. The normalized spacial score (nSPS) is 12.0. The summed E-state index contributed by atoms with van der Waals surface area (Å²) in [5.41, 5.74) is -0.266. The van der Waals surface area contributed by atoms with Crippen molar-refractivity contribution in [2.45, 2.75) is 25.7 Å². The van der Waals surface area contributed by atoms with Crippen LogP contribution in [0, 0.1) is 11.2 Å². The molecule has 0 spiro atoms. The molecule has 1 N–H and O–H groups in total. The van der Waals surface area contributed by atoms with Gasteiger partial charge in [0.1, 0.15) is 0 Å². The van der Waals surface area contributed by atoms with Crippen LogP contribution < -0.4 is 5.32 Å². The van der Waals surface area contributed by atoms with Gasteiger partial charge in [0.05, 0.1) is 22.4 Å². The van der Waals surface area contributed by atoms with E-state index in [4.69, 9.17) is 0 Å². The first-order valence-electron chi connectivity index (χ1n) is 7.32. The van der Waals surface area contributed by atoms with Crippen LogP contribution in [0.1, 0.15) is 31.1 Å². The predicted octanol–water partition coefficient (Wildman–Crippen LogP) is 3.29. The number of carbonyl (C=O) groups is 1. The van der Waals surface area contributed by atoms with E-state index in [-0.39, 0.29) is 21.9 Å². The van der Waals surface area contributed by atoms with E-state index >= 15 is 0 Å². The molecule has 1 heterocycles. The summed E-state index contributed by atoms with van der Waals surface area (Å²) in [6.07, 6.45) is 2.25. The molecule has 0 saturated heterocycles. The maximum atomic E-state index is 13.6. The van der Waals surface area contributed by atoms with Gasteiger partial charge < -0.3 is 5.32 Å². The fraction of sp³-hybridized carbons (Fsp3) is 0.294. The summed E-state index contributed by atoms with van der Waals surface area (Å²) in [4.78, 5) is 15.8. The second kappa shape index (κ2) is 6.68. The lowest BCUT2D eigenvalue weighted by atomic mass is 10.0. The molecule has 0 unspecified atom stereocenters. The van der Waals surface area contributed by atoms with Crippen molar-refractivity contribution in [2.24, 2.45) is 5.41 Å². The molecule has 0 aliphatic rings. The topological polar surface area (TPSA) is 76.1 Å². The Morgan fingerprint density at radius 3 is 2.58 bits per heavy atom. The number of rotatable bonds is 4. The number of halogens is 1. The van der Waals surface area contributed by atoms with Crippen molar-refractivity contribution >= 4 is 21.4 Å². The second-order valence-corrected chi connectivity index (χ2v) is 8.65. The highest BCUT2D eigenvalue weighted by Gasteiger charge is 2.24. The number of hydrogen-bond acceptors (Lipinski definition) is 4. The van der Waals surface area contributed by atoms with Crippen LogP contribution in [0.2, 0.25) is 0 Å². The molecule has 0 aliphatic carbocycles. The first kappa shape index (κ1) is 18.1. The Kier molecular flexibility index (Phi) is 5.03. The van der Waals surface area contributed by atoms with E-state index in [1.165, 1.54) is 30.5 Å². The molecule has 0 saturated carbocycles. The molecule has 128 valence electrons. The molecule has 0 bridgehead atoms. The molecule has 1 aromatic carbocycles. The summed E-state index contributed by atoms with van der Waals surface area (Å²) >= 11 is 0. The van der Waals surface area contributed by atoms with E-state index in [1.807, 2.05) is 20.8 Å². The summed E-state index contributed by atoms with van der Waals surface area (Å²) in [5.74, 6) is -1.43. The molecular formula is C17H19FN2O3S. The summed E-state index contributed by atoms with van der Waals surface area (Å²) in [7, 11) is -3.48. The average molecular weight is 350 g/mol. The van der Waals surface area contributed by atoms with Crippen LogP contribution in [0.25, 0.3) is 0 Å². The Hall–Kier alpha value is -2.28. The van der Waals surface area contributed by atoms with Crippen LogP contribution >= 0.6 is 0 Å². The number of aromatic nitrogens is 1. The quantitative estimate of drug-likeness (QED) is 0.918. The monoisotopic (exact) mass is 350 g/mol. The van der Waals surface area contributed by atoms with E-state index < -0.39 is 27.0 Å². The molecule has 2 rings (SSSR count). The Balaban J connectivity index is 2.25. The lowest BCUT2D eigenvalue weighted by Crippen LogP contribution is -2.21. The fourth-order valence-corrected chi connectivity index (χ4v) is 4.08. The number of nitrogens with zero attached hydrogens (tertiary/aromatic N) is 1. The lowest BCUT2D eigenvalue weighted by Gasteiger charge is -2.18. The highest BCUT2D eigenvalue weighted by Crippen LogP contribution is 2.24. The number of hydrogen-bond donors (Lipinski definition) is 1. The Morgan fingerprint density at radius 2 is 1.96 bits per heavy atom. The Bertz CT molecular complexity index is 858. The van der Waals surface area contributed by atoms with Crippen molar-refractivity contribution in [1.82, 2.24) is 4.98 Å². The second-order valence-electron chi connectivity index (χ2n) is 6.66. The highest BCUT2D eigenvalue weighted by molar-refractivity contribution is 7.91. The smallest absolute Gasteiger partial charge is 0.258 e. The van der Waals surface area contributed by atoms with E-state index in [0.717, 1.165) is 6.20 Å². The van der Waals surface area contributed by atoms with Crippen molar-refractivity contribution in [2.75, 3.05) is 11.1 Å². The molecule has 24 heavy (non-hydrogen) atoms. The van der Waals surface area contributed by atoms with Crippen LogP contribution in [-0.4, -0.2) is 25.1 Å². The molecule has 0 fully saturated rings. The van der Waals surface area contributed by atoms with Crippen molar-refractivity contribution in [3.8, 4) is 0 Å². The van der Waals surface area contributed by atoms with Crippen LogP contribution in [0.4, 0.5) is 10.1 Å². The predicted molar refractivity (Wildman–Crippen MR) is 90.1 cm³/mol. The van der Waals surface area contributed by atoms with Crippen molar-refractivity contribution in [3.63, 3.8) is 0 Å². The third-order valence-corrected chi connectivity index (χ3v) is 5.31. The van der Waals surface area contributed by atoms with Gasteiger partial charge in [-0.15, -0.1) is 0 Å². The minimum absolute atomic E-state index is 0.0175. The van der Waals surface area contributed by atoms with Crippen molar-refractivity contribution in [1.29, 1.82) is 0 Å². The van der Waals surface area contributed by atoms with E-state index in [0.29, 0.717) is 0 Å². The van der Waals surface area contributed by atoms with E-state index in [1.54, 1.807) is 6.07 Å². The molecule has 7 heteroatoms. The molecule has 0 atom stereocenters. The standard InChI is InChI=1S/C17H19FN2O3S/c1-17(2,3)11-24(22,23)13-6-4-5-12(9-13)20-16(21)14-7-8-19-10-15(14)18/h4-10H,11H2,1-3H3,(H,20,21). The van der Waals surface area contributed by atoms with Crippen molar-refractivity contribution < 1.29 is 17.6 Å². The van der Waals surface area contributed by atoms with Gasteiger partial charge in [-0.25, -0.2) is 12.8 Å². The molecule has 1 amide bonds. The van der Waals surface area contributed by atoms with Gasteiger partial charge >= 0.3 is 0 Å². The molecule has 2 aromatic rings. The fourth-order valence-electron chi connectivity index (χ4n) is 2.18. The minimum Gasteiger partial charge on any atom is -0.322 e. The van der Waals surface area contributed by atoms with Gasteiger partial charge in [-0.2, -0.15) is 0 Å². The van der Waals surface area contributed by atoms with Gasteiger partial charge in [-0.3, -0.25) is 9.78 Å². The third-order valence-electron chi connectivity index (χ3n) is 3.09. The SMILES string of the molecule is CC(C)(C)CS(=O)(=O)c1cccc(NC(=O)c2ccncc2F)c1. The zero-order chi connectivity index (χ0) is 18.0. The average Bonchev–Trinajstić information content (AvgIpc) is 2.45. The number of pyridine rings is 1. The molecule has 5 nitrogen and oxygen atoms in total. The third kappa shape index (κ3) is 4.61. The highest BCUT2D eigenvalue weighted by atomic mass is 32.2. The van der Waals surface area contributed by atoms with Crippen LogP contribution in [-0.2, 0) is 9.84 Å². The van der Waals surface area contributed by atoms with Gasteiger partial charge in [-0.1, -0.05) is 26.8 Å².